The van der Waals surface area contributed by atoms with Gasteiger partial charge in [0.1, 0.15) is 5.69 Å². The molecule has 1 aliphatic heterocycles. The van der Waals surface area contributed by atoms with E-state index in [2.05, 4.69) is 9.97 Å². The van der Waals surface area contributed by atoms with Crippen LogP contribution in [-0.2, 0) is 0 Å². The van der Waals surface area contributed by atoms with E-state index in [1.807, 2.05) is 0 Å². The molecule has 0 saturated carbocycles. The van der Waals surface area contributed by atoms with Crippen molar-refractivity contribution in [2.45, 2.75) is 12.3 Å². The molecule has 1 fully saturated rings. The number of hydrogen-bond acceptors (Lipinski definition) is 5. The van der Waals surface area contributed by atoms with Gasteiger partial charge in [-0.05, 0) is 0 Å². The number of nitrogens with zero attached hydrogens (tertiary/aromatic N) is 3. The van der Waals surface area contributed by atoms with Crippen LogP contribution in [0, 0.1) is 0 Å². The number of alkyl halides is 2. The third kappa shape index (κ3) is 1.90. The number of hydrogen-bond donors (Lipinski definition) is 2. The molecule has 1 aliphatic rings. The summed E-state index contributed by atoms with van der Waals surface area (Å²) in [6.45, 7) is -0.330. The standard InChI is InChI=1S/C8H9F2N3O2/c9-8(10)1-2-13(4-8)5-3-11-7(15)12-6(5)14/h3H,1-2,4H2,(H2,11,12,14,15). The highest BCUT2D eigenvalue weighted by Crippen LogP contribution is 2.34. The topological polar surface area (TPSA) is 69.5 Å². The van der Waals surface area contributed by atoms with Crippen LogP contribution in [0.1, 0.15) is 6.42 Å². The first kappa shape index (κ1) is 9.88. The Hall–Kier alpha value is -1.66. The van der Waals surface area contributed by atoms with Gasteiger partial charge < -0.3 is 15.1 Å². The molecule has 0 amide bonds. The minimum absolute atomic E-state index is 0.116. The second-order valence-corrected chi connectivity index (χ2v) is 3.41. The van der Waals surface area contributed by atoms with E-state index < -0.39 is 24.4 Å². The minimum atomic E-state index is -2.75. The summed E-state index contributed by atoms with van der Waals surface area (Å²) in [7, 11) is 0. The Labute approximate surface area is 84.0 Å². The lowest BCUT2D eigenvalue weighted by Crippen LogP contribution is -2.25. The predicted octanol–water partition coefficient (Wildman–Crippen LogP) is 0.733. The highest BCUT2D eigenvalue weighted by atomic mass is 19.3. The normalized spacial score (nSPS) is 19.5. The fraction of sp³-hybridized carbons (Fsp3) is 0.500. The second-order valence-electron chi connectivity index (χ2n) is 3.41. The molecule has 0 spiro atoms. The minimum Gasteiger partial charge on any atom is -0.492 e. The van der Waals surface area contributed by atoms with Crippen molar-refractivity contribution in [2.24, 2.45) is 0 Å². The van der Waals surface area contributed by atoms with Crippen LogP contribution < -0.4 is 4.90 Å². The zero-order valence-electron chi connectivity index (χ0n) is 7.69. The van der Waals surface area contributed by atoms with Crippen molar-refractivity contribution in [3.05, 3.63) is 6.20 Å². The first-order chi connectivity index (χ1) is 6.98. The van der Waals surface area contributed by atoms with E-state index >= 15 is 0 Å². The molecule has 0 radical (unpaired) electrons. The molecule has 0 atom stereocenters. The van der Waals surface area contributed by atoms with E-state index in [0.29, 0.717) is 0 Å². The Bertz CT molecular complexity index is 386. The van der Waals surface area contributed by atoms with Gasteiger partial charge >= 0.3 is 6.01 Å². The van der Waals surface area contributed by atoms with Crippen LogP contribution in [0.3, 0.4) is 0 Å². The van der Waals surface area contributed by atoms with Crippen molar-refractivity contribution in [1.82, 2.24) is 9.97 Å². The maximum Gasteiger partial charge on any atom is 0.317 e. The predicted molar refractivity (Wildman–Crippen MR) is 47.1 cm³/mol. The Kier molecular flexibility index (Phi) is 2.09. The summed E-state index contributed by atoms with van der Waals surface area (Å²) in [6, 6.07) is -0.581. The van der Waals surface area contributed by atoms with Gasteiger partial charge in [0.25, 0.3) is 5.92 Å². The lowest BCUT2D eigenvalue weighted by atomic mass is 10.3. The molecule has 82 valence electrons. The average Bonchev–Trinajstić information content (AvgIpc) is 2.46. The van der Waals surface area contributed by atoms with Crippen LogP contribution in [0.4, 0.5) is 14.5 Å². The number of aromatic hydroxyl groups is 2. The van der Waals surface area contributed by atoms with Crippen LogP contribution in [0.5, 0.6) is 11.9 Å². The van der Waals surface area contributed by atoms with Gasteiger partial charge in [0.05, 0.1) is 12.7 Å². The molecule has 0 bridgehead atoms. The van der Waals surface area contributed by atoms with Gasteiger partial charge in [0.2, 0.25) is 5.88 Å². The second kappa shape index (κ2) is 3.18. The lowest BCUT2D eigenvalue weighted by Gasteiger charge is -2.17. The number of anilines is 1. The number of aromatic nitrogens is 2. The maximum atomic E-state index is 12.9. The first-order valence-corrected chi connectivity index (χ1v) is 4.36. The molecule has 0 unspecified atom stereocenters. The summed E-state index contributed by atoms with van der Waals surface area (Å²) in [5, 5.41) is 18.2. The molecule has 1 aromatic heterocycles. The Balaban J connectivity index is 2.24. The van der Waals surface area contributed by atoms with Crippen LogP contribution in [-0.4, -0.2) is 39.2 Å². The van der Waals surface area contributed by atoms with E-state index in [-0.39, 0.29) is 18.7 Å². The van der Waals surface area contributed by atoms with E-state index in [4.69, 9.17) is 5.11 Å². The van der Waals surface area contributed by atoms with E-state index in [1.165, 1.54) is 4.90 Å². The molecule has 2 rings (SSSR count). The van der Waals surface area contributed by atoms with Crippen LogP contribution in [0.2, 0.25) is 0 Å². The lowest BCUT2D eigenvalue weighted by molar-refractivity contribution is 0.0257. The molecule has 1 saturated heterocycles. The summed E-state index contributed by atoms with van der Waals surface area (Å²) >= 11 is 0. The number of halogens is 2. The van der Waals surface area contributed by atoms with Gasteiger partial charge in [-0.3, -0.25) is 0 Å². The molecule has 0 aromatic carbocycles. The van der Waals surface area contributed by atoms with Crippen molar-refractivity contribution < 1.29 is 19.0 Å². The molecular weight excluding hydrogens is 208 g/mol. The Morgan fingerprint density at radius 3 is 2.67 bits per heavy atom. The first-order valence-electron chi connectivity index (χ1n) is 4.36. The van der Waals surface area contributed by atoms with Crippen LogP contribution >= 0.6 is 0 Å². The van der Waals surface area contributed by atoms with E-state index in [9.17, 15) is 13.9 Å². The summed E-state index contributed by atoms with van der Waals surface area (Å²) in [4.78, 5) is 8.00. The van der Waals surface area contributed by atoms with Gasteiger partial charge in [-0.25, -0.2) is 13.8 Å². The molecule has 2 N–H and O–H groups in total. The molecule has 1 aromatic rings. The highest BCUT2D eigenvalue weighted by molar-refractivity contribution is 5.54. The smallest absolute Gasteiger partial charge is 0.317 e. The van der Waals surface area contributed by atoms with Crippen LogP contribution in [0.25, 0.3) is 0 Å². The van der Waals surface area contributed by atoms with Crippen LogP contribution in [0.15, 0.2) is 6.20 Å². The monoisotopic (exact) mass is 217 g/mol. The molecule has 7 heteroatoms. The van der Waals surface area contributed by atoms with Gasteiger partial charge in [0.15, 0.2) is 0 Å². The average molecular weight is 217 g/mol. The van der Waals surface area contributed by atoms with Crippen molar-refractivity contribution in [3.8, 4) is 11.9 Å². The third-order valence-electron chi connectivity index (χ3n) is 2.25. The third-order valence-corrected chi connectivity index (χ3v) is 2.25. The zero-order chi connectivity index (χ0) is 11.1. The number of rotatable bonds is 1. The highest BCUT2D eigenvalue weighted by Gasteiger charge is 2.39. The fourth-order valence-electron chi connectivity index (χ4n) is 1.52. The molecule has 15 heavy (non-hydrogen) atoms. The molecule has 0 aliphatic carbocycles. The van der Waals surface area contributed by atoms with Gasteiger partial charge in [0, 0.05) is 13.0 Å². The maximum absolute atomic E-state index is 12.9. The fourth-order valence-corrected chi connectivity index (χ4v) is 1.52. The SMILES string of the molecule is Oc1ncc(N2CCC(F)(F)C2)c(O)n1. The molecule has 5 nitrogen and oxygen atoms in total. The molecular formula is C8H9F2N3O2. The van der Waals surface area contributed by atoms with Gasteiger partial charge in [-0.2, -0.15) is 4.98 Å². The Morgan fingerprint density at radius 1 is 1.40 bits per heavy atom. The summed E-state index contributed by atoms with van der Waals surface area (Å²) < 4.78 is 25.8. The summed E-state index contributed by atoms with van der Waals surface area (Å²) in [6.07, 6.45) is 0.867. The summed E-state index contributed by atoms with van der Waals surface area (Å²) in [5.74, 6) is -3.23. The molecule has 2 heterocycles. The summed E-state index contributed by atoms with van der Waals surface area (Å²) in [5.41, 5.74) is 0.116. The van der Waals surface area contributed by atoms with Crippen molar-refractivity contribution >= 4 is 5.69 Å². The van der Waals surface area contributed by atoms with Crippen molar-refractivity contribution in [1.29, 1.82) is 0 Å². The van der Waals surface area contributed by atoms with E-state index in [0.717, 1.165) is 6.20 Å². The van der Waals surface area contributed by atoms with Gasteiger partial charge in [-0.15, -0.1) is 0 Å². The van der Waals surface area contributed by atoms with Gasteiger partial charge in [-0.1, -0.05) is 0 Å². The van der Waals surface area contributed by atoms with Crippen molar-refractivity contribution in [2.75, 3.05) is 18.0 Å². The zero-order valence-corrected chi connectivity index (χ0v) is 7.69. The van der Waals surface area contributed by atoms with E-state index in [1.54, 1.807) is 0 Å². The largest absolute Gasteiger partial charge is 0.492 e. The van der Waals surface area contributed by atoms with Crippen molar-refractivity contribution in [3.63, 3.8) is 0 Å². The quantitative estimate of drug-likeness (QED) is 0.725. The Morgan fingerprint density at radius 2 is 2.13 bits per heavy atom.